The van der Waals surface area contributed by atoms with Crippen LogP contribution in [0.2, 0.25) is 0 Å². The first kappa shape index (κ1) is 10.8. The molecule has 0 radical (unpaired) electrons. The van der Waals surface area contributed by atoms with E-state index in [-0.39, 0.29) is 0 Å². The van der Waals surface area contributed by atoms with Crippen LogP contribution in [0.3, 0.4) is 0 Å². The van der Waals surface area contributed by atoms with E-state index >= 15 is 0 Å². The number of anilines is 1. The Morgan fingerprint density at radius 2 is 2.00 bits per heavy atom. The van der Waals surface area contributed by atoms with Crippen LogP contribution in [0.4, 0.5) is 5.13 Å². The summed E-state index contributed by atoms with van der Waals surface area (Å²) < 4.78 is 0. The van der Waals surface area contributed by atoms with Gasteiger partial charge in [0.05, 0.1) is 0 Å². The molecule has 1 saturated heterocycles. The van der Waals surface area contributed by atoms with Gasteiger partial charge >= 0.3 is 0 Å². The lowest BCUT2D eigenvalue weighted by Crippen LogP contribution is -2.50. The van der Waals surface area contributed by atoms with Crippen molar-refractivity contribution in [3.63, 3.8) is 0 Å². The van der Waals surface area contributed by atoms with E-state index in [4.69, 9.17) is 0 Å². The van der Waals surface area contributed by atoms with E-state index in [1.807, 2.05) is 14.0 Å². The molecular formula is C10H18N4S. The Morgan fingerprint density at radius 3 is 2.47 bits per heavy atom. The van der Waals surface area contributed by atoms with Gasteiger partial charge < -0.3 is 10.2 Å². The van der Waals surface area contributed by atoms with Gasteiger partial charge in [-0.15, -0.1) is 10.2 Å². The second-order valence-corrected chi connectivity index (χ2v) is 5.56. The second-order valence-electron chi connectivity index (χ2n) is 4.40. The van der Waals surface area contributed by atoms with Crippen LogP contribution < -0.4 is 10.2 Å². The van der Waals surface area contributed by atoms with Gasteiger partial charge in [0.2, 0.25) is 5.13 Å². The molecule has 84 valence electrons. The Bertz CT molecular complexity index is 328. The second kappa shape index (κ2) is 4.06. The smallest absolute Gasteiger partial charge is 0.208 e. The first-order valence-corrected chi connectivity index (χ1v) is 6.19. The molecule has 1 aliphatic heterocycles. The summed E-state index contributed by atoms with van der Waals surface area (Å²) in [4.78, 5) is 2.34. The predicted octanol–water partition coefficient (Wildman–Crippen LogP) is 1.42. The molecule has 2 heterocycles. The number of aryl methyl sites for hydroxylation is 1. The van der Waals surface area contributed by atoms with E-state index in [2.05, 4.69) is 27.3 Å². The van der Waals surface area contributed by atoms with Crippen molar-refractivity contribution in [3.05, 3.63) is 5.01 Å². The van der Waals surface area contributed by atoms with Crippen LogP contribution in [-0.4, -0.2) is 35.9 Å². The third kappa shape index (κ3) is 2.29. The molecule has 2 rings (SSSR count). The van der Waals surface area contributed by atoms with Gasteiger partial charge in [0.1, 0.15) is 5.01 Å². The Morgan fingerprint density at radius 1 is 1.33 bits per heavy atom. The third-order valence-electron chi connectivity index (χ3n) is 3.26. The van der Waals surface area contributed by atoms with Gasteiger partial charge in [-0.1, -0.05) is 11.3 Å². The highest BCUT2D eigenvalue weighted by Gasteiger charge is 2.29. The average molecular weight is 226 g/mol. The summed E-state index contributed by atoms with van der Waals surface area (Å²) in [6, 6.07) is 0. The molecule has 1 N–H and O–H groups in total. The first-order valence-electron chi connectivity index (χ1n) is 5.37. The van der Waals surface area contributed by atoms with Crippen LogP contribution in [-0.2, 0) is 0 Å². The highest BCUT2D eigenvalue weighted by atomic mass is 32.1. The van der Waals surface area contributed by atoms with Crippen LogP contribution in [0.25, 0.3) is 0 Å². The maximum atomic E-state index is 4.19. The van der Waals surface area contributed by atoms with E-state index < -0.39 is 0 Å². The van der Waals surface area contributed by atoms with Crippen LogP contribution in [0.15, 0.2) is 0 Å². The van der Waals surface area contributed by atoms with Gasteiger partial charge in [0, 0.05) is 18.6 Å². The number of piperidine rings is 1. The molecule has 1 fully saturated rings. The molecule has 0 aliphatic carbocycles. The molecule has 4 nitrogen and oxygen atoms in total. The molecule has 0 spiro atoms. The summed E-state index contributed by atoms with van der Waals surface area (Å²) in [5.41, 5.74) is 0.302. The number of hydrogen-bond donors (Lipinski definition) is 1. The molecule has 0 saturated carbocycles. The Balaban J connectivity index is 1.99. The average Bonchev–Trinajstić information content (AvgIpc) is 2.66. The minimum Gasteiger partial charge on any atom is -0.347 e. The highest BCUT2D eigenvalue weighted by Crippen LogP contribution is 2.27. The van der Waals surface area contributed by atoms with E-state index in [0.29, 0.717) is 5.54 Å². The van der Waals surface area contributed by atoms with Crippen molar-refractivity contribution in [1.82, 2.24) is 15.5 Å². The predicted molar refractivity (Wildman–Crippen MR) is 63.6 cm³/mol. The first-order chi connectivity index (χ1) is 7.13. The van der Waals surface area contributed by atoms with Crippen molar-refractivity contribution < 1.29 is 0 Å². The lowest BCUT2D eigenvalue weighted by Gasteiger charge is -2.39. The number of rotatable bonds is 2. The van der Waals surface area contributed by atoms with Crippen molar-refractivity contribution in [3.8, 4) is 0 Å². The van der Waals surface area contributed by atoms with Gasteiger partial charge in [-0.2, -0.15) is 0 Å². The molecule has 0 unspecified atom stereocenters. The highest BCUT2D eigenvalue weighted by molar-refractivity contribution is 7.15. The minimum atomic E-state index is 0.302. The zero-order valence-corrected chi connectivity index (χ0v) is 10.4. The largest absolute Gasteiger partial charge is 0.347 e. The monoisotopic (exact) mass is 226 g/mol. The summed E-state index contributed by atoms with van der Waals surface area (Å²) >= 11 is 1.69. The lowest BCUT2D eigenvalue weighted by atomic mass is 9.90. The van der Waals surface area contributed by atoms with Crippen molar-refractivity contribution in [2.45, 2.75) is 32.2 Å². The van der Waals surface area contributed by atoms with Crippen LogP contribution in [0.5, 0.6) is 0 Å². The van der Waals surface area contributed by atoms with Crippen molar-refractivity contribution >= 4 is 16.5 Å². The quantitative estimate of drug-likeness (QED) is 0.828. The fourth-order valence-electron chi connectivity index (χ4n) is 1.86. The minimum absolute atomic E-state index is 0.302. The zero-order valence-electron chi connectivity index (χ0n) is 9.58. The number of hydrogen-bond acceptors (Lipinski definition) is 5. The summed E-state index contributed by atoms with van der Waals surface area (Å²) in [7, 11) is 2.05. The SMILES string of the molecule is CNC1(C)CCN(c2nnc(C)s2)CC1. The molecule has 0 atom stereocenters. The van der Waals surface area contributed by atoms with Gasteiger partial charge in [-0.25, -0.2) is 0 Å². The molecule has 0 bridgehead atoms. The van der Waals surface area contributed by atoms with Crippen LogP contribution in [0, 0.1) is 6.92 Å². The fourth-order valence-corrected chi connectivity index (χ4v) is 2.59. The maximum absolute atomic E-state index is 4.19. The van der Waals surface area contributed by atoms with Crippen LogP contribution >= 0.6 is 11.3 Å². The molecule has 5 heteroatoms. The molecule has 0 amide bonds. The van der Waals surface area contributed by atoms with Gasteiger partial charge in [0.15, 0.2) is 0 Å². The summed E-state index contributed by atoms with van der Waals surface area (Å²) in [6.45, 7) is 6.44. The Hall–Kier alpha value is -0.680. The normalized spacial score (nSPS) is 20.6. The molecule has 1 aliphatic rings. The zero-order chi connectivity index (χ0) is 10.9. The maximum Gasteiger partial charge on any atom is 0.208 e. The molecule has 15 heavy (non-hydrogen) atoms. The molecular weight excluding hydrogens is 208 g/mol. The summed E-state index contributed by atoms with van der Waals surface area (Å²) in [6.07, 6.45) is 2.34. The number of nitrogens with one attached hydrogen (secondary N) is 1. The van der Waals surface area contributed by atoms with Crippen molar-refractivity contribution in [2.24, 2.45) is 0 Å². The Labute approximate surface area is 94.7 Å². The third-order valence-corrected chi connectivity index (χ3v) is 4.16. The Kier molecular flexibility index (Phi) is 2.93. The van der Waals surface area contributed by atoms with Crippen LogP contribution in [0.1, 0.15) is 24.8 Å². The molecule has 1 aromatic rings. The number of nitrogens with zero attached hydrogens (tertiary/aromatic N) is 3. The summed E-state index contributed by atoms with van der Waals surface area (Å²) in [5.74, 6) is 0. The lowest BCUT2D eigenvalue weighted by molar-refractivity contribution is 0.305. The topological polar surface area (TPSA) is 41.0 Å². The summed E-state index contributed by atoms with van der Waals surface area (Å²) in [5, 5.41) is 13.8. The van der Waals surface area contributed by atoms with E-state index in [1.165, 1.54) is 12.8 Å². The molecule has 1 aromatic heterocycles. The van der Waals surface area contributed by atoms with Gasteiger partial charge in [-0.3, -0.25) is 0 Å². The van der Waals surface area contributed by atoms with E-state index in [9.17, 15) is 0 Å². The standard InChI is InChI=1S/C10H18N4S/c1-8-12-13-9(15-8)14-6-4-10(2,11-3)5-7-14/h11H,4-7H2,1-3H3. The fraction of sp³-hybridized carbons (Fsp3) is 0.800. The van der Waals surface area contributed by atoms with Gasteiger partial charge in [-0.05, 0) is 33.7 Å². The van der Waals surface area contributed by atoms with Crippen molar-refractivity contribution in [2.75, 3.05) is 25.0 Å². The number of aromatic nitrogens is 2. The van der Waals surface area contributed by atoms with E-state index in [1.54, 1.807) is 11.3 Å². The van der Waals surface area contributed by atoms with Crippen molar-refractivity contribution in [1.29, 1.82) is 0 Å². The van der Waals surface area contributed by atoms with E-state index in [0.717, 1.165) is 23.2 Å². The molecule has 0 aromatic carbocycles. The van der Waals surface area contributed by atoms with Gasteiger partial charge in [0.25, 0.3) is 0 Å².